The van der Waals surface area contributed by atoms with E-state index in [-0.39, 0.29) is 38.9 Å². The van der Waals surface area contributed by atoms with Crippen LogP contribution >= 0.6 is 34.3 Å². The molecular weight excluding hydrogens is 500 g/mol. The van der Waals surface area contributed by atoms with Crippen LogP contribution in [0.2, 0.25) is 4.34 Å². The lowest BCUT2D eigenvalue weighted by Gasteiger charge is -2.29. The second kappa shape index (κ2) is 9.03. The van der Waals surface area contributed by atoms with Crippen LogP contribution in [-0.2, 0) is 21.4 Å². The molecular formula is C20H16ClF2N3O3S3. The molecule has 1 fully saturated rings. The lowest BCUT2D eigenvalue weighted by molar-refractivity contribution is -0.122. The Labute approximate surface area is 195 Å². The van der Waals surface area contributed by atoms with Crippen LogP contribution in [0.3, 0.4) is 0 Å². The number of carbonyl (C=O) groups excluding carboxylic acids is 1. The highest BCUT2D eigenvalue weighted by atomic mass is 35.5. The summed E-state index contributed by atoms with van der Waals surface area (Å²) in [6.07, 6.45) is 6.33. The van der Waals surface area contributed by atoms with Gasteiger partial charge >= 0.3 is 0 Å². The summed E-state index contributed by atoms with van der Waals surface area (Å²) in [7, 11) is -3.78. The Morgan fingerprint density at radius 3 is 2.78 bits per heavy atom. The summed E-state index contributed by atoms with van der Waals surface area (Å²) >= 11 is 7.77. The Hall–Kier alpha value is -2.10. The molecule has 168 valence electrons. The van der Waals surface area contributed by atoms with Crippen molar-refractivity contribution in [2.24, 2.45) is 10.9 Å². The van der Waals surface area contributed by atoms with Crippen molar-refractivity contribution < 1.29 is 22.0 Å². The molecule has 12 heteroatoms. The van der Waals surface area contributed by atoms with Gasteiger partial charge in [0.15, 0.2) is 10.6 Å². The van der Waals surface area contributed by atoms with E-state index in [2.05, 4.69) is 10.9 Å². The summed E-state index contributed by atoms with van der Waals surface area (Å²) in [5.41, 5.74) is 0.0725. The number of piperidine rings is 1. The summed E-state index contributed by atoms with van der Waals surface area (Å²) in [5, 5.41) is 0. The molecule has 0 bridgehead atoms. The number of halogens is 3. The van der Waals surface area contributed by atoms with Crippen LogP contribution in [0, 0.1) is 29.9 Å². The van der Waals surface area contributed by atoms with Gasteiger partial charge in [0, 0.05) is 19.2 Å². The number of terminal acetylenes is 1. The van der Waals surface area contributed by atoms with Gasteiger partial charge in [-0.1, -0.05) is 28.9 Å². The van der Waals surface area contributed by atoms with Gasteiger partial charge in [-0.2, -0.15) is 9.30 Å². The van der Waals surface area contributed by atoms with Gasteiger partial charge in [0.1, 0.15) is 10.0 Å². The topological polar surface area (TPSA) is 71.7 Å². The fraction of sp³-hybridized carbons (Fsp3) is 0.300. The lowest BCUT2D eigenvalue weighted by Crippen LogP contribution is -2.42. The zero-order valence-corrected chi connectivity index (χ0v) is 19.6. The number of thiophene rings is 1. The van der Waals surface area contributed by atoms with E-state index in [1.807, 2.05) is 0 Å². The molecule has 1 saturated heterocycles. The molecule has 0 saturated carbocycles. The minimum Gasteiger partial charge on any atom is -0.302 e. The number of nitrogens with zero attached hydrogens (tertiary/aromatic N) is 3. The van der Waals surface area contributed by atoms with E-state index in [0.29, 0.717) is 17.2 Å². The first-order chi connectivity index (χ1) is 15.2. The van der Waals surface area contributed by atoms with Gasteiger partial charge in [-0.3, -0.25) is 4.79 Å². The fourth-order valence-corrected chi connectivity index (χ4v) is 7.80. The molecule has 1 amide bonds. The molecule has 4 rings (SSSR count). The van der Waals surface area contributed by atoms with Crippen molar-refractivity contribution in [3.8, 4) is 12.3 Å². The molecule has 32 heavy (non-hydrogen) atoms. The van der Waals surface area contributed by atoms with Gasteiger partial charge in [-0.05, 0) is 31.0 Å². The highest BCUT2D eigenvalue weighted by Crippen LogP contribution is 2.31. The Kier molecular flexibility index (Phi) is 6.51. The van der Waals surface area contributed by atoms with E-state index < -0.39 is 33.5 Å². The third-order valence-corrected chi connectivity index (χ3v) is 9.62. The minimum atomic E-state index is -3.78. The maximum absolute atomic E-state index is 14.4. The SMILES string of the molecule is C#CCn1c(=NC(=O)C2CCCN(S(=O)(=O)c3ccc(Cl)s3)C2)sc2cc(F)cc(F)c21. The Balaban J connectivity index is 1.66. The molecule has 0 aliphatic carbocycles. The summed E-state index contributed by atoms with van der Waals surface area (Å²) in [4.78, 5) is 17.2. The standard InChI is InChI=1S/C20H16ClF2N3O3S3/c1-2-7-26-18-14(23)9-13(22)10-15(18)30-20(26)24-19(27)12-4-3-8-25(11-12)32(28,29)17-6-5-16(21)31-17/h1,5-6,9-10,12H,3-4,7-8,11H2. The van der Waals surface area contributed by atoms with Crippen LogP contribution in [0.4, 0.5) is 8.78 Å². The number of hydrogen-bond donors (Lipinski definition) is 0. The van der Waals surface area contributed by atoms with Crippen molar-refractivity contribution in [1.29, 1.82) is 0 Å². The predicted molar refractivity (Wildman–Crippen MR) is 120 cm³/mol. The normalized spacial score (nSPS) is 18.2. The molecule has 6 nitrogen and oxygen atoms in total. The van der Waals surface area contributed by atoms with Gasteiger partial charge in [-0.15, -0.1) is 17.8 Å². The number of aromatic nitrogens is 1. The highest BCUT2D eigenvalue weighted by molar-refractivity contribution is 7.91. The van der Waals surface area contributed by atoms with Crippen LogP contribution in [0.15, 0.2) is 33.5 Å². The van der Waals surface area contributed by atoms with Crippen LogP contribution in [0.25, 0.3) is 10.2 Å². The van der Waals surface area contributed by atoms with Gasteiger partial charge < -0.3 is 4.57 Å². The maximum atomic E-state index is 14.4. The van der Waals surface area contributed by atoms with Crippen molar-refractivity contribution >= 4 is 60.4 Å². The quantitative estimate of drug-likeness (QED) is 0.495. The van der Waals surface area contributed by atoms with Gasteiger partial charge in [0.2, 0.25) is 0 Å². The van der Waals surface area contributed by atoms with Crippen molar-refractivity contribution in [2.75, 3.05) is 13.1 Å². The van der Waals surface area contributed by atoms with E-state index in [0.717, 1.165) is 34.8 Å². The van der Waals surface area contributed by atoms with Gasteiger partial charge in [0.05, 0.1) is 27.0 Å². The first kappa shape index (κ1) is 23.1. The summed E-state index contributed by atoms with van der Waals surface area (Å²) < 4.78 is 57.1. The van der Waals surface area contributed by atoms with E-state index in [1.54, 1.807) is 0 Å². The third-order valence-electron chi connectivity index (χ3n) is 5.03. The maximum Gasteiger partial charge on any atom is 0.252 e. The number of carbonyl (C=O) groups is 1. The lowest BCUT2D eigenvalue weighted by atomic mass is 9.99. The molecule has 0 spiro atoms. The largest absolute Gasteiger partial charge is 0.302 e. The second-order valence-electron chi connectivity index (χ2n) is 7.12. The number of fused-ring (bicyclic) bond motifs is 1. The molecule has 1 aliphatic rings. The first-order valence-electron chi connectivity index (χ1n) is 9.46. The summed E-state index contributed by atoms with van der Waals surface area (Å²) in [6, 6.07) is 4.84. The van der Waals surface area contributed by atoms with E-state index in [4.69, 9.17) is 18.0 Å². The number of rotatable bonds is 4. The predicted octanol–water partition coefficient (Wildman–Crippen LogP) is 3.86. The number of sulfonamides is 1. The first-order valence-corrected chi connectivity index (χ1v) is 12.9. The average Bonchev–Trinajstić information content (AvgIpc) is 3.32. The second-order valence-corrected chi connectivity index (χ2v) is 12.0. The van der Waals surface area contributed by atoms with E-state index in [9.17, 15) is 22.0 Å². The van der Waals surface area contributed by atoms with E-state index >= 15 is 0 Å². The van der Waals surface area contributed by atoms with Crippen LogP contribution in [0.5, 0.6) is 0 Å². The number of amides is 1. The minimum absolute atomic E-state index is 0.0246. The summed E-state index contributed by atoms with van der Waals surface area (Å²) in [5.74, 6) is -0.364. The Bertz CT molecular complexity index is 1420. The molecule has 1 aliphatic heterocycles. The fourth-order valence-electron chi connectivity index (χ4n) is 3.56. The zero-order valence-electron chi connectivity index (χ0n) is 16.4. The van der Waals surface area contributed by atoms with Gasteiger partial charge in [-0.25, -0.2) is 17.2 Å². The van der Waals surface area contributed by atoms with Crippen LogP contribution < -0.4 is 4.80 Å². The number of thiazole rings is 1. The van der Waals surface area contributed by atoms with Crippen molar-refractivity contribution in [3.05, 3.63) is 45.0 Å². The highest BCUT2D eigenvalue weighted by Gasteiger charge is 2.34. The van der Waals surface area contributed by atoms with Crippen LogP contribution in [0.1, 0.15) is 12.8 Å². The third kappa shape index (κ3) is 4.38. The van der Waals surface area contributed by atoms with Gasteiger partial charge in [0.25, 0.3) is 15.9 Å². The summed E-state index contributed by atoms with van der Waals surface area (Å²) in [6.45, 7) is 0.203. The molecule has 3 aromatic rings. The molecule has 3 heterocycles. The zero-order chi connectivity index (χ0) is 23.0. The van der Waals surface area contributed by atoms with Crippen LogP contribution in [-0.4, -0.2) is 36.3 Å². The van der Waals surface area contributed by atoms with Crippen molar-refractivity contribution in [2.45, 2.75) is 23.6 Å². The molecule has 1 atom stereocenters. The molecule has 0 N–H and O–H groups in total. The monoisotopic (exact) mass is 515 g/mol. The molecule has 1 unspecified atom stereocenters. The molecule has 2 aromatic heterocycles. The van der Waals surface area contributed by atoms with Crippen molar-refractivity contribution in [1.82, 2.24) is 8.87 Å². The molecule has 1 aromatic carbocycles. The van der Waals surface area contributed by atoms with Crippen molar-refractivity contribution in [3.63, 3.8) is 0 Å². The van der Waals surface area contributed by atoms with E-state index in [1.165, 1.54) is 21.0 Å². The Morgan fingerprint density at radius 2 is 2.09 bits per heavy atom. The molecule has 0 radical (unpaired) electrons. The Morgan fingerprint density at radius 1 is 1.31 bits per heavy atom. The number of hydrogen-bond acceptors (Lipinski definition) is 5. The smallest absolute Gasteiger partial charge is 0.252 e. The number of benzene rings is 1. The average molecular weight is 516 g/mol.